The Kier molecular flexibility index (Phi) is 4.23. The third kappa shape index (κ3) is 3.07. The van der Waals surface area contributed by atoms with E-state index in [4.69, 9.17) is 5.84 Å². The molecule has 1 saturated carbocycles. The topological polar surface area (TPSA) is 67.2 Å². The van der Waals surface area contributed by atoms with Gasteiger partial charge in [-0.25, -0.2) is 8.78 Å². The molecule has 1 aromatic rings. The lowest BCUT2D eigenvalue weighted by Crippen LogP contribution is -2.30. The van der Waals surface area contributed by atoms with E-state index < -0.39 is 23.2 Å². The van der Waals surface area contributed by atoms with Crippen molar-refractivity contribution in [2.24, 2.45) is 11.3 Å². The average molecular weight is 283 g/mol. The maximum Gasteiger partial charge on any atom is 0.251 e. The van der Waals surface area contributed by atoms with Crippen molar-refractivity contribution < 1.29 is 13.6 Å². The molecule has 1 fully saturated rings. The molecule has 1 amide bonds. The van der Waals surface area contributed by atoms with Crippen LogP contribution in [0.1, 0.15) is 43.0 Å². The van der Waals surface area contributed by atoms with Gasteiger partial charge in [0.2, 0.25) is 0 Å². The van der Waals surface area contributed by atoms with E-state index in [9.17, 15) is 13.6 Å². The summed E-state index contributed by atoms with van der Waals surface area (Å²) in [6, 6.07) is 1.96. The summed E-state index contributed by atoms with van der Waals surface area (Å²) in [4.78, 5) is 11.9. The van der Waals surface area contributed by atoms with Gasteiger partial charge in [0.1, 0.15) is 5.69 Å². The fourth-order valence-corrected chi connectivity index (χ4v) is 2.43. The van der Waals surface area contributed by atoms with Crippen LogP contribution >= 0.6 is 0 Å². The van der Waals surface area contributed by atoms with E-state index in [1.807, 2.05) is 5.43 Å². The molecule has 2 rings (SSSR count). The van der Waals surface area contributed by atoms with Crippen LogP contribution in [0.3, 0.4) is 0 Å². The number of carbonyl (C=O) groups is 1. The van der Waals surface area contributed by atoms with Crippen molar-refractivity contribution in [3.63, 3.8) is 0 Å². The molecule has 0 atom stereocenters. The lowest BCUT2D eigenvalue weighted by molar-refractivity contribution is 0.0943. The largest absolute Gasteiger partial charge is 0.351 e. The van der Waals surface area contributed by atoms with Crippen LogP contribution in [-0.4, -0.2) is 12.5 Å². The molecule has 4 nitrogen and oxygen atoms in total. The highest BCUT2D eigenvalue weighted by Crippen LogP contribution is 2.48. The Bertz CT molecular complexity index is 492. The quantitative estimate of drug-likeness (QED) is 0.555. The summed E-state index contributed by atoms with van der Waals surface area (Å²) >= 11 is 0. The summed E-state index contributed by atoms with van der Waals surface area (Å²) in [6.45, 7) is 2.66. The number of hydrogen-bond acceptors (Lipinski definition) is 3. The highest BCUT2D eigenvalue weighted by molar-refractivity contribution is 5.94. The molecular weight excluding hydrogens is 264 g/mol. The van der Waals surface area contributed by atoms with E-state index in [0.29, 0.717) is 6.54 Å². The molecule has 6 heteroatoms. The third-order valence-electron chi connectivity index (χ3n) is 3.81. The maximum absolute atomic E-state index is 13.5. The number of nitrogens with one attached hydrogen (secondary N) is 2. The number of halogens is 2. The molecule has 110 valence electrons. The Morgan fingerprint density at radius 2 is 1.95 bits per heavy atom. The van der Waals surface area contributed by atoms with Crippen molar-refractivity contribution >= 4 is 11.6 Å². The van der Waals surface area contributed by atoms with Gasteiger partial charge >= 0.3 is 0 Å². The van der Waals surface area contributed by atoms with Gasteiger partial charge in [0.05, 0.1) is 0 Å². The fraction of sp³-hybridized carbons (Fsp3) is 0.500. The summed E-state index contributed by atoms with van der Waals surface area (Å²) in [7, 11) is 0. The third-order valence-corrected chi connectivity index (χ3v) is 3.81. The first-order valence-corrected chi connectivity index (χ1v) is 6.75. The van der Waals surface area contributed by atoms with Crippen LogP contribution in [0.15, 0.2) is 12.1 Å². The van der Waals surface area contributed by atoms with Crippen molar-refractivity contribution in [3.05, 3.63) is 29.3 Å². The highest BCUT2D eigenvalue weighted by Gasteiger charge is 2.41. The Labute approximate surface area is 116 Å². The number of nitrogens with two attached hydrogens (primary N) is 1. The van der Waals surface area contributed by atoms with E-state index in [1.54, 1.807) is 0 Å². The number of amides is 1. The van der Waals surface area contributed by atoms with Crippen molar-refractivity contribution in [2.75, 3.05) is 12.0 Å². The minimum atomic E-state index is -0.882. The number of rotatable bonds is 6. The van der Waals surface area contributed by atoms with Gasteiger partial charge < -0.3 is 10.7 Å². The van der Waals surface area contributed by atoms with E-state index in [1.165, 1.54) is 0 Å². The van der Waals surface area contributed by atoms with Crippen molar-refractivity contribution in [3.8, 4) is 0 Å². The highest BCUT2D eigenvalue weighted by atomic mass is 19.1. The zero-order valence-electron chi connectivity index (χ0n) is 11.4. The number of hydrazine groups is 1. The fourth-order valence-electron chi connectivity index (χ4n) is 2.43. The first-order valence-electron chi connectivity index (χ1n) is 6.75. The minimum absolute atomic E-state index is 0.0358. The van der Waals surface area contributed by atoms with Gasteiger partial charge in [0.25, 0.3) is 5.91 Å². The van der Waals surface area contributed by atoms with Gasteiger partial charge in [0.15, 0.2) is 11.6 Å². The van der Waals surface area contributed by atoms with Gasteiger partial charge in [-0.3, -0.25) is 10.6 Å². The summed E-state index contributed by atoms with van der Waals surface area (Å²) < 4.78 is 27.0. The maximum atomic E-state index is 13.5. The molecule has 1 aromatic carbocycles. The molecule has 0 heterocycles. The van der Waals surface area contributed by atoms with E-state index in [-0.39, 0.29) is 11.0 Å². The van der Waals surface area contributed by atoms with Crippen LogP contribution in [0.4, 0.5) is 14.5 Å². The number of hydrogen-bond donors (Lipinski definition) is 3. The molecule has 0 bridgehead atoms. The van der Waals surface area contributed by atoms with Gasteiger partial charge in [-0.1, -0.05) is 13.3 Å². The van der Waals surface area contributed by atoms with Crippen LogP contribution < -0.4 is 16.6 Å². The predicted octanol–water partition coefficient (Wildman–Crippen LogP) is 2.56. The molecule has 0 unspecified atom stereocenters. The van der Waals surface area contributed by atoms with E-state index in [0.717, 1.165) is 37.8 Å². The van der Waals surface area contributed by atoms with Crippen molar-refractivity contribution in [2.45, 2.75) is 32.6 Å². The minimum Gasteiger partial charge on any atom is -0.351 e. The average Bonchev–Trinajstić information content (AvgIpc) is 3.16. The van der Waals surface area contributed by atoms with Gasteiger partial charge in [-0.05, 0) is 36.8 Å². The monoisotopic (exact) mass is 283 g/mol. The van der Waals surface area contributed by atoms with Crippen molar-refractivity contribution in [1.29, 1.82) is 0 Å². The van der Waals surface area contributed by atoms with Crippen LogP contribution in [0.2, 0.25) is 0 Å². The Morgan fingerprint density at radius 1 is 1.35 bits per heavy atom. The second kappa shape index (κ2) is 5.75. The molecule has 20 heavy (non-hydrogen) atoms. The van der Waals surface area contributed by atoms with Gasteiger partial charge in [0, 0.05) is 12.1 Å². The van der Waals surface area contributed by atoms with Crippen molar-refractivity contribution in [1.82, 2.24) is 5.32 Å². The molecule has 1 aliphatic rings. The standard InChI is InChI=1S/C14H19F2N3O/c1-2-3-14(4-5-14)8-18-13(20)9-6-10(15)12(19-17)11(16)7-9/h6-7,19H,2-5,8,17H2,1H3,(H,18,20). The zero-order valence-corrected chi connectivity index (χ0v) is 11.4. The van der Waals surface area contributed by atoms with E-state index >= 15 is 0 Å². The number of carbonyl (C=O) groups excluding carboxylic acids is 1. The lowest BCUT2D eigenvalue weighted by atomic mass is 10.0. The molecule has 0 spiro atoms. The predicted molar refractivity (Wildman–Crippen MR) is 73.1 cm³/mol. The normalized spacial score (nSPS) is 15.8. The number of anilines is 1. The second-order valence-corrected chi connectivity index (χ2v) is 5.39. The second-order valence-electron chi connectivity index (χ2n) is 5.39. The van der Waals surface area contributed by atoms with E-state index in [2.05, 4.69) is 12.2 Å². The SMILES string of the molecule is CCCC1(CNC(=O)c2cc(F)c(NN)c(F)c2)CC1. The molecule has 4 N–H and O–H groups in total. The summed E-state index contributed by atoms with van der Waals surface area (Å²) in [6.07, 6.45) is 4.32. The number of benzene rings is 1. The smallest absolute Gasteiger partial charge is 0.251 e. The molecule has 0 saturated heterocycles. The van der Waals surface area contributed by atoms with Crippen LogP contribution in [-0.2, 0) is 0 Å². The summed E-state index contributed by atoms with van der Waals surface area (Å²) in [5.41, 5.74) is 1.65. The molecule has 0 radical (unpaired) electrons. The Balaban J connectivity index is 2.03. The van der Waals surface area contributed by atoms with Crippen LogP contribution in [0, 0.1) is 17.0 Å². The number of nitrogen functional groups attached to an aromatic ring is 1. The Morgan fingerprint density at radius 3 is 2.40 bits per heavy atom. The zero-order chi connectivity index (χ0) is 14.8. The molecular formula is C14H19F2N3O. The lowest BCUT2D eigenvalue weighted by Gasteiger charge is -2.15. The first kappa shape index (κ1) is 14.7. The molecule has 0 aliphatic heterocycles. The van der Waals surface area contributed by atoms with Gasteiger partial charge in [-0.15, -0.1) is 0 Å². The molecule has 1 aliphatic carbocycles. The first-order chi connectivity index (χ1) is 9.51. The summed E-state index contributed by atoms with van der Waals surface area (Å²) in [5, 5.41) is 2.75. The van der Waals surface area contributed by atoms with Gasteiger partial charge in [-0.2, -0.15) is 0 Å². The van der Waals surface area contributed by atoms with Crippen LogP contribution in [0.25, 0.3) is 0 Å². The van der Waals surface area contributed by atoms with Crippen LogP contribution in [0.5, 0.6) is 0 Å². The summed E-state index contributed by atoms with van der Waals surface area (Å²) in [5.74, 6) is 2.78. The Hall–Kier alpha value is -1.69. The molecule has 0 aromatic heterocycles.